The summed E-state index contributed by atoms with van der Waals surface area (Å²) in [5.74, 6) is -0.313. The normalized spacial score (nSPS) is 23.9. The maximum absolute atomic E-state index is 14.0. The molecule has 1 heterocycles. The zero-order chi connectivity index (χ0) is 21.3. The fourth-order valence-corrected chi connectivity index (χ4v) is 5.40. The first-order chi connectivity index (χ1) is 14.3. The highest BCUT2D eigenvalue weighted by Crippen LogP contribution is 2.49. The molecule has 1 aliphatic carbocycles. The third-order valence-corrected chi connectivity index (χ3v) is 7.58. The molecule has 1 aliphatic heterocycles. The lowest BCUT2D eigenvalue weighted by atomic mass is 9.97. The lowest BCUT2D eigenvalue weighted by Gasteiger charge is -2.33. The number of carbonyl (C=O) groups excluding carboxylic acids is 1. The molecular weight excluding hydrogens is 403 g/mol. The third-order valence-electron chi connectivity index (χ3n) is 6.14. The Morgan fingerprint density at radius 1 is 1.17 bits per heavy atom. The number of benzene rings is 2. The molecule has 0 spiro atoms. The fourth-order valence-electron chi connectivity index (χ4n) is 4.28. The maximum Gasteiger partial charge on any atom is 0.240 e. The van der Waals surface area contributed by atoms with Gasteiger partial charge in [0.2, 0.25) is 15.9 Å². The Morgan fingerprint density at radius 2 is 1.90 bits per heavy atom. The summed E-state index contributed by atoms with van der Waals surface area (Å²) in [7, 11) is -3.56. The molecule has 2 aromatic rings. The van der Waals surface area contributed by atoms with Gasteiger partial charge in [-0.25, -0.2) is 17.5 Å². The molecule has 2 aromatic carbocycles. The lowest BCUT2D eigenvalue weighted by molar-refractivity contribution is -0.134. The number of hydrogen-bond donors (Lipinski definition) is 1. The smallest absolute Gasteiger partial charge is 0.240 e. The Kier molecular flexibility index (Phi) is 5.93. The molecule has 3 unspecified atom stereocenters. The van der Waals surface area contributed by atoms with Gasteiger partial charge in [-0.15, -0.1) is 0 Å². The van der Waals surface area contributed by atoms with Crippen LogP contribution in [-0.2, 0) is 14.8 Å². The van der Waals surface area contributed by atoms with E-state index in [9.17, 15) is 17.6 Å². The Hall–Kier alpha value is -2.25. The zero-order valence-electron chi connectivity index (χ0n) is 17.1. The van der Waals surface area contributed by atoms with Gasteiger partial charge in [0.15, 0.2) is 0 Å². The first-order valence-electron chi connectivity index (χ1n) is 10.4. The topological polar surface area (TPSA) is 66.5 Å². The van der Waals surface area contributed by atoms with E-state index in [-0.39, 0.29) is 34.4 Å². The molecule has 1 saturated heterocycles. The molecule has 2 aliphatic rings. The minimum atomic E-state index is -3.56. The summed E-state index contributed by atoms with van der Waals surface area (Å²) < 4.78 is 41.7. The van der Waals surface area contributed by atoms with Gasteiger partial charge in [-0.2, -0.15) is 0 Å². The first-order valence-corrected chi connectivity index (χ1v) is 11.9. The minimum absolute atomic E-state index is 0.0425. The van der Waals surface area contributed by atoms with Gasteiger partial charge in [-0.05, 0) is 61.8 Å². The largest absolute Gasteiger partial charge is 0.342 e. The molecule has 1 amide bonds. The number of halogens is 1. The van der Waals surface area contributed by atoms with Crippen molar-refractivity contribution in [1.29, 1.82) is 0 Å². The molecule has 160 valence electrons. The van der Waals surface area contributed by atoms with E-state index in [1.54, 1.807) is 42.5 Å². The predicted octanol–water partition coefficient (Wildman–Crippen LogP) is 3.45. The van der Waals surface area contributed by atoms with Crippen LogP contribution in [0.2, 0.25) is 0 Å². The highest BCUT2D eigenvalue weighted by Gasteiger charge is 2.47. The van der Waals surface area contributed by atoms with Gasteiger partial charge >= 0.3 is 0 Å². The summed E-state index contributed by atoms with van der Waals surface area (Å²) in [6.07, 6.45) is 2.41. The van der Waals surface area contributed by atoms with Gasteiger partial charge in [0.1, 0.15) is 5.82 Å². The third kappa shape index (κ3) is 4.57. The molecule has 0 bridgehead atoms. The number of rotatable bonds is 6. The van der Waals surface area contributed by atoms with Crippen molar-refractivity contribution in [2.75, 3.05) is 19.6 Å². The van der Waals surface area contributed by atoms with Crippen LogP contribution in [-0.4, -0.2) is 38.9 Å². The minimum Gasteiger partial charge on any atom is -0.342 e. The zero-order valence-corrected chi connectivity index (χ0v) is 17.9. The molecule has 1 saturated carbocycles. The van der Waals surface area contributed by atoms with Crippen molar-refractivity contribution in [3.05, 3.63) is 65.5 Å². The molecule has 7 heteroatoms. The van der Waals surface area contributed by atoms with E-state index in [0.29, 0.717) is 31.6 Å². The van der Waals surface area contributed by atoms with Crippen LogP contribution < -0.4 is 4.72 Å². The van der Waals surface area contributed by atoms with Crippen LogP contribution in [0.4, 0.5) is 4.39 Å². The van der Waals surface area contributed by atoms with E-state index in [2.05, 4.69) is 4.72 Å². The predicted molar refractivity (Wildman–Crippen MR) is 113 cm³/mol. The van der Waals surface area contributed by atoms with Gasteiger partial charge < -0.3 is 4.90 Å². The summed E-state index contributed by atoms with van der Waals surface area (Å²) >= 11 is 0. The van der Waals surface area contributed by atoms with Crippen LogP contribution >= 0.6 is 0 Å². The number of piperidine rings is 1. The lowest BCUT2D eigenvalue weighted by Crippen LogP contribution is -2.44. The molecule has 2 fully saturated rings. The molecule has 30 heavy (non-hydrogen) atoms. The van der Waals surface area contributed by atoms with Crippen molar-refractivity contribution in [2.45, 2.75) is 37.0 Å². The fraction of sp³-hybridized carbons (Fsp3) is 0.435. The van der Waals surface area contributed by atoms with Crippen molar-refractivity contribution in [1.82, 2.24) is 9.62 Å². The van der Waals surface area contributed by atoms with E-state index in [0.717, 1.165) is 18.4 Å². The summed E-state index contributed by atoms with van der Waals surface area (Å²) in [6, 6.07) is 13.4. The highest BCUT2D eigenvalue weighted by molar-refractivity contribution is 7.89. The van der Waals surface area contributed by atoms with E-state index in [4.69, 9.17) is 0 Å². The van der Waals surface area contributed by atoms with Crippen LogP contribution in [0.15, 0.2) is 53.4 Å². The van der Waals surface area contributed by atoms with E-state index in [1.807, 2.05) is 11.8 Å². The van der Waals surface area contributed by atoms with Crippen LogP contribution in [0, 0.1) is 24.6 Å². The SMILES string of the molecule is Cc1ccc(S(=O)(=O)NCC2CCCN(C(=O)C3CC3c3ccccc3F)C2)cc1. The second-order valence-electron chi connectivity index (χ2n) is 8.43. The molecule has 0 radical (unpaired) electrons. The van der Waals surface area contributed by atoms with E-state index in [1.165, 1.54) is 6.07 Å². The number of likely N-dealkylation sites (tertiary alicyclic amines) is 1. The van der Waals surface area contributed by atoms with Crippen molar-refractivity contribution in [3.63, 3.8) is 0 Å². The second kappa shape index (κ2) is 8.47. The van der Waals surface area contributed by atoms with Crippen LogP contribution in [0.5, 0.6) is 0 Å². The van der Waals surface area contributed by atoms with Crippen LogP contribution in [0.3, 0.4) is 0 Å². The molecule has 1 N–H and O–H groups in total. The quantitative estimate of drug-likeness (QED) is 0.763. The number of amides is 1. The molecule has 0 aromatic heterocycles. The van der Waals surface area contributed by atoms with Gasteiger partial charge in [0.05, 0.1) is 4.90 Å². The Balaban J connectivity index is 1.33. The van der Waals surface area contributed by atoms with Gasteiger partial charge in [-0.3, -0.25) is 4.79 Å². The first kappa shape index (κ1) is 21.0. The Morgan fingerprint density at radius 3 is 2.63 bits per heavy atom. The van der Waals surface area contributed by atoms with E-state index >= 15 is 0 Å². The number of aryl methyl sites for hydroxylation is 1. The van der Waals surface area contributed by atoms with Gasteiger partial charge in [0, 0.05) is 25.6 Å². The second-order valence-corrected chi connectivity index (χ2v) is 10.2. The van der Waals surface area contributed by atoms with Crippen LogP contribution in [0.1, 0.15) is 36.3 Å². The van der Waals surface area contributed by atoms with Crippen molar-refractivity contribution in [3.8, 4) is 0 Å². The number of hydrogen-bond acceptors (Lipinski definition) is 3. The van der Waals surface area contributed by atoms with Gasteiger partial charge in [0.25, 0.3) is 0 Å². The molecule has 4 rings (SSSR count). The Labute approximate surface area is 177 Å². The number of sulfonamides is 1. The average Bonchev–Trinajstić information content (AvgIpc) is 3.53. The van der Waals surface area contributed by atoms with Crippen molar-refractivity contribution in [2.24, 2.45) is 11.8 Å². The maximum atomic E-state index is 14.0. The number of carbonyl (C=O) groups is 1. The van der Waals surface area contributed by atoms with E-state index < -0.39 is 10.0 Å². The molecule has 3 atom stereocenters. The average molecular weight is 431 g/mol. The molecule has 5 nitrogen and oxygen atoms in total. The van der Waals surface area contributed by atoms with Crippen molar-refractivity contribution < 1.29 is 17.6 Å². The van der Waals surface area contributed by atoms with Crippen LogP contribution in [0.25, 0.3) is 0 Å². The number of nitrogens with one attached hydrogen (secondary N) is 1. The monoisotopic (exact) mass is 430 g/mol. The Bertz CT molecular complexity index is 1020. The highest BCUT2D eigenvalue weighted by atomic mass is 32.2. The summed E-state index contributed by atoms with van der Waals surface area (Å²) in [6.45, 7) is 3.44. The standard InChI is InChI=1S/C23H27FN2O3S/c1-16-8-10-18(11-9-16)30(28,29)25-14-17-5-4-12-26(15-17)23(27)21-13-20(21)19-6-2-3-7-22(19)24/h2-3,6-11,17,20-21,25H,4-5,12-15H2,1H3. The summed E-state index contributed by atoms with van der Waals surface area (Å²) in [5, 5.41) is 0. The van der Waals surface area contributed by atoms with Crippen molar-refractivity contribution >= 4 is 15.9 Å². The summed E-state index contributed by atoms with van der Waals surface area (Å²) in [4.78, 5) is 15.0. The number of nitrogens with zero attached hydrogens (tertiary/aromatic N) is 1. The summed E-state index contributed by atoms with van der Waals surface area (Å²) in [5.41, 5.74) is 1.62. The van der Waals surface area contributed by atoms with Gasteiger partial charge in [-0.1, -0.05) is 35.9 Å². The molecular formula is C23H27FN2O3S.